The Kier molecular flexibility index (Phi) is 8.18. The van der Waals surface area contributed by atoms with Gasteiger partial charge in [-0.05, 0) is 24.7 Å². The average molecular weight is 182 g/mol. The van der Waals surface area contributed by atoms with Gasteiger partial charge in [0.1, 0.15) is 0 Å². The zero-order chi connectivity index (χ0) is 10.1. The number of hydrogen-bond acceptors (Lipinski definition) is 0. The smallest absolute Gasteiger partial charge is 0.0239 e. The van der Waals surface area contributed by atoms with Crippen molar-refractivity contribution in [2.75, 3.05) is 0 Å². The van der Waals surface area contributed by atoms with Gasteiger partial charge in [0.05, 0.1) is 0 Å². The number of hydrogen-bond donors (Lipinski definition) is 0. The van der Waals surface area contributed by atoms with Gasteiger partial charge in [0, 0.05) is 0 Å². The topological polar surface area (TPSA) is 0 Å². The molecule has 0 heterocycles. The molecule has 0 amide bonds. The zero-order valence-corrected chi connectivity index (χ0v) is 9.84. The third-order valence-corrected chi connectivity index (χ3v) is 2.72. The molecule has 0 nitrogen and oxygen atoms in total. The number of rotatable bonds is 7. The average Bonchev–Trinajstić information content (AvgIpc) is 2.10. The van der Waals surface area contributed by atoms with Crippen LogP contribution in [-0.2, 0) is 0 Å². The van der Waals surface area contributed by atoms with Gasteiger partial charge >= 0.3 is 0 Å². The molecule has 0 aromatic rings. The summed E-state index contributed by atoms with van der Waals surface area (Å²) < 4.78 is 0. The van der Waals surface area contributed by atoms with Gasteiger partial charge in [0.15, 0.2) is 0 Å². The molecule has 0 aliphatic heterocycles. The van der Waals surface area contributed by atoms with Gasteiger partial charge in [0.25, 0.3) is 0 Å². The summed E-state index contributed by atoms with van der Waals surface area (Å²) in [4.78, 5) is 0. The highest BCUT2D eigenvalue weighted by molar-refractivity contribution is 4.87. The predicted octanol–water partition coefficient (Wildman–Crippen LogP) is 4.81. The molecule has 0 saturated heterocycles. The SMILES string of the molecule is CCCCCC/C=C/C(C)C(C)C. The summed E-state index contributed by atoms with van der Waals surface area (Å²) in [6.07, 6.45) is 11.5. The second-order valence-corrected chi connectivity index (χ2v) is 4.38. The maximum Gasteiger partial charge on any atom is -0.0239 e. The van der Waals surface area contributed by atoms with E-state index in [1.165, 1.54) is 32.1 Å². The van der Waals surface area contributed by atoms with Gasteiger partial charge in [-0.3, -0.25) is 0 Å². The molecule has 0 aromatic carbocycles. The first kappa shape index (κ1) is 12.7. The molecule has 78 valence electrons. The van der Waals surface area contributed by atoms with Crippen LogP contribution in [0.4, 0.5) is 0 Å². The molecule has 1 atom stereocenters. The lowest BCUT2D eigenvalue weighted by atomic mass is 9.97. The van der Waals surface area contributed by atoms with E-state index >= 15 is 0 Å². The summed E-state index contributed by atoms with van der Waals surface area (Å²) in [6, 6.07) is 0. The Labute approximate surface area is 84.4 Å². The van der Waals surface area contributed by atoms with Gasteiger partial charge in [-0.2, -0.15) is 0 Å². The van der Waals surface area contributed by atoms with Crippen molar-refractivity contribution < 1.29 is 0 Å². The molecule has 0 bridgehead atoms. The molecule has 0 fully saturated rings. The highest BCUT2D eigenvalue weighted by Crippen LogP contribution is 2.12. The first-order valence-electron chi connectivity index (χ1n) is 5.85. The molecule has 0 aliphatic rings. The van der Waals surface area contributed by atoms with E-state index in [0.29, 0.717) is 0 Å². The summed E-state index contributed by atoms with van der Waals surface area (Å²) in [7, 11) is 0. The standard InChI is InChI=1S/C13H26/c1-5-6-7-8-9-10-11-13(4)12(2)3/h10-13H,5-9H2,1-4H3/b11-10+. The molecule has 0 heteroatoms. The molecule has 0 saturated carbocycles. The van der Waals surface area contributed by atoms with Crippen LogP contribution in [0.25, 0.3) is 0 Å². The van der Waals surface area contributed by atoms with E-state index in [2.05, 4.69) is 39.8 Å². The lowest BCUT2D eigenvalue weighted by Gasteiger charge is -2.09. The summed E-state index contributed by atoms with van der Waals surface area (Å²) in [5.74, 6) is 1.53. The summed E-state index contributed by atoms with van der Waals surface area (Å²) in [5.41, 5.74) is 0. The first-order chi connectivity index (χ1) is 6.18. The quantitative estimate of drug-likeness (QED) is 0.392. The molecular formula is C13H26. The Bertz CT molecular complexity index is 122. The Balaban J connectivity index is 3.30. The predicted molar refractivity (Wildman–Crippen MR) is 61.9 cm³/mol. The fraction of sp³-hybridized carbons (Fsp3) is 0.846. The summed E-state index contributed by atoms with van der Waals surface area (Å²) in [5, 5.41) is 0. The number of unbranched alkanes of at least 4 members (excludes halogenated alkanes) is 4. The van der Waals surface area contributed by atoms with E-state index in [0.717, 1.165) is 11.8 Å². The van der Waals surface area contributed by atoms with E-state index in [1.807, 2.05) is 0 Å². The lowest BCUT2D eigenvalue weighted by molar-refractivity contribution is 0.502. The first-order valence-corrected chi connectivity index (χ1v) is 5.85. The Morgan fingerprint density at radius 3 is 2.23 bits per heavy atom. The van der Waals surface area contributed by atoms with Crippen LogP contribution in [0.5, 0.6) is 0 Å². The fourth-order valence-electron chi connectivity index (χ4n) is 1.22. The second kappa shape index (κ2) is 8.34. The van der Waals surface area contributed by atoms with Crippen molar-refractivity contribution in [3.63, 3.8) is 0 Å². The molecule has 0 rings (SSSR count). The van der Waals surface area contributed by atoms with Gasteiger partial charge in [-0.15, -0.1) is 0 Å². The van der Waals surface area contributed by atoms with Gasteiger partial charge in [0.2, 0.25) is 0 Å². The van der Waals surface area contributed by atoms with E-state index in [-0.39, 0.29) is 0 Å². The Morgan fingerprint density at radius 2 is 1.69 bits per heavy atom. The van der Waals surface area contributed by atoms with Crippen LogP contribution in [0.15, 0.2) is 12.2 Å². The zero-order valence-electron chi connectivity index (χ0n) is 9.84. The number of allylic oxidation sites excluding steroid dienone is 2. The van der Waals surface area contributed by atoms with E-state index < -0.39 is 0 Å². The maximum absolute atomic E-state index is 2.37. The van der Waals surface area contributed by atoms with Crippen molar-refractivity contribution >= 4 is 0 Å². The van der Waals surface area contributed by atoms with Crippen LogP contribution in [0.3, 0.4) is 0 Å². The van der Waals surface area contributed by atoms with Crippen LogP contribution in [0.1, 0.15) is 59.8 Å². The maximum atomic E-state index is 2.37. The normalized spacial score (nSPS) is 14.2. The van der Waals surface area contributed by atoms with Gasteiger partial charge < -0.3 is 0 Å². The molecule has 0 spiro atoms. The molecule has 0 N–H and O–H groups in total. The van der Waals surface area contributed by atoms with E-state index in [1.54, 1.807) is 0 Å². The van der Waals surface area contributed by atoms with Gasteiger partial charge in [-0.1, -0.05) is 59.1 Å². The third kappa shape index (κ3) is 8.08. The highest BCUT2D eigenvalue weighted by atomic mass is 14.1. The van der Waals surface area contributed by atoms with Gasteiger partial charge in [-0.25, -0.2) is 0 Å². The monoisotopic (exact) mass is 182 g/mol. The fourth-order valence-corrected chi connectivity index (χ4v) is 1.22. The van der Waals surface area contributed by atoms with Crippen molar-refractivity contribution in [1.82, 2.24) is 0 Å². The van der Waals surface area contributed by atoms with Crippen LogP contribution >= 0.6 is 0 Å². The minimum Gasteiger partial charge on any atom is -0.0883 e. The Hall–Kier alpha value is -0.260. The molecule has 0 aliphatic carbocycles. The molecule has 0 radical (unpaired) electrons. The molecule has 0 aromatic heterocycles. The summed E-state index contributed by atoms with van der Waals surface area (Å²) in [6.45, 7) is 9.13. The highest BCUT2D eigenvalue weighted by Gasteiger charge is 2.00. The minimum atomic E-state index is 0.742. The van der Waals surface area contributed by atoms with E-state index in [9.17, 15) is 0 Å². The van der Waals surface area contributed by atoms with Crippen LogP contribution < -0.4 is 0 Å². The van der Waals surface area contributed by atoms with Crippen molar-refractivity contribution in [2.45, 2.75) is 59.8 Å². The van der Waals surface area contributed by atoms with Crippen LogP contribution in [-0.4, -0.2) is 0 Å². The molecule has 1 unspecified atom stereocenters. The molecule has 13 heavy (non-hydrogen) atoms. The van der Waals surface area contributed by atoms with Crippen molar-refractivity contribution in [3.8, 4) is 0 Å². The van der Waals surface area contributed by atoms with Crippen LogP contribution in [0, 0.1) is 11.8 Å². The van der Waals surface area contributed by atoms with Crippen molar-refractivity contribution in [3.05, 3.63) is 12.2 Å². The third-order valence-electron chi connectivity index (χ3n) is 2.72. The largest absolute Gasteiger partial charge is 0.0883 e. The Morgan fingerprint density at radius 1 is 1.00 bits per heavy atom. The van der Waals surface area contributed by atoms with Crippen LogP contribution in [0.2, 0.25) is 0 Å². The second-order valence-electron chi connectivity index (χ2n) is 4.38. The van der Waals surface area contributed by atoms with E-state index in [4.69, 9.17) is 0 Å². The molecular weight excluding hydrogens is 156 g/mol. The van der Waals surface area contributed by atoms with Crippen molar-refractivity contribution in [2.24, 2.45) is 11.8 Å². The summed E-state index contributed by atoms with van der Waals surface area (Å²) >= 11 is 0. The van der Waals surface area contributed by atoms with Crippen molar-refractivity contribution in [1.29, 1.82) is 0 Å². The lowest BCUT2D eigenvalue weighted by Crippen LogP contribution is -1.98. The minimum absolute atomic E-state index is 0.742.